The highest BCUT2D eigenvalue weighted by atomic mass is 19.4. The van der Waals surface area contributed by atoms with Crippen LogP contribution >= 0.6 is 0 Å². The summed E-state index contributed by atoms with van der Waals surface area (Å²) in [6, 6.07) is 7.11. The number of ether oxygens (including phenoxy) is 1. The topological polar surface area (TPSA) is 52.0 Å². The van der Waals surface area contributed by atoms with Crippen LogP contribution < -0.4 is 10.1 Å². The Hall–Kier alpha value is -3.17. The van der Waals surface area contributed by atoms with E-state index >= 15 is 0 Å². The molecule has 2 aromatic carbocycles. The van der Waals surface area contributed by atoms with Crippen LogP contribution in [-0.4, -0.2) is 28.2 Å². The lowest BCUT2D eigenvalue weighted by Crippen LogP contribution is -2.17. The molecule has 3 aromatic rings. The van der Waals surface area contributed by atoms with E-state index in [2.05, 4.69) is 20.1 Å². The van der Waals surface area contributed by atoms with Crippen LogP contribution in [0.3, 0.4) is 0 Å². The summed E-state index contributed by atoms with van der Waals surface area (Å²) >= 11 is 0. The first-order chi connectivity index (χ1) is 12.7. The molecule has 1 N–H and O–H groups in total. The summed E-state index contributed by atoms with van der Waals surface area (Å²) in [7, 11) is 1.52. The molecule has 0 aliphatic carbocycles. The van der Waals surface area contributed by atoms with Gasteiger partial charge >= 0.3 is 6.36 Å². The number of alkyl halides is 3. The van der Waals surface area contributed by atoms with E-state index in [1.54, 1.807) is 6.92 Å². The summed E-state index contributed by atoms with van der Waals surface area (Å²) in [5, 5.41) is 6.80. The Balaban J connectivity index is 2.01. The Morgan fingerprint density at radius 2 is 1.63 bits per heavy atom. The largest absolute Gasteiger partial charge is 0.573 e. The van der Waals surface area contributed by atoms with Crippen LogP contribution in [0.25, 0.3) is 17.1 Å². The van der Waals surface area contributed by atoms with Gasteiger partial charge in [0.05, 0.1) is 11.3 Å². The number of rotatable bonds is 4. The normalized spacial score (nSPS) is 11.5. The molecule has 0 saturated carbocycles. The predicted molar refractivity (Wildman–Crippen MR) is 87.7 cm³/mol. The van der Waals surface area contributed by atoms with Crippen molar-refractivity contribution in [3.8, 4) is 22.8 Å². The zero-order chi connectivity index (χ0) is 19.8. The standard InChI is InChI=1S/C17H13F5N4O/c1-9-7-12(18)14(13(19)8-9)15-24-16(23-2)26(25-15)10-3-5-11(6-4-10)27-17(20,21)22/h3-8H,1-2H3,(H,23,24,25). The third-order valence-corrected chi connectivity index (χ3v) is 3.56. The van der Waals surface area contributed by atoms with Gasteiger partial charge in [0.2, 0.25) is 5.95 Å². The molecule has 142 valence electrons. The van der Waals surface area contributed by atoms with E-state index in [-0.39, 0.29) is 11.8 Å². The van der Waals surface area contributed by atoms with Gasteiger partial charge in [0.15, 0.2) is 5.82 Å². The molecule has 0 spiro atoms. The molecule has 5 nitrogen and oxygen atoms in total. The van der Waals surface area contributed by atoms with E-state index in [4.69, 9.17) is 0 Å². The van der Waals surface area contributed by atoms with Crippen molar-refractivity contribution in [3.05, 3.63) is 53.6 Å². The molecule has 0 unspecified atom stereocenters. The Kier molecular flexibility index (Phi) is 4.73. The van der Waals surface area contributed by atoms with Crippen LogP contribution in [0.2, 0.25) is 0 Å². The van der Waals surface area contributed by atoms with Crippen LogP contribution in [0.1, 0.15) is 5.56 Å². The molecule has 0 radical (unpaired) electrons. The molecular weight excluding hydrogens is 371 g/mol. The van der Waals surface area contributed by atoms with Gasteiger partial charge in [-0.25, -0.2) is 8.78 Å². The highest BCUT2D eigenvalue weighted by Gasteiger charge is 2.31. The summed E-state index contributed by atoms with van der Waals surface area (Å²) in [6.45, 7) is 1.55. The van der Waals surface area contributed by atoms with Crippen molar-refractivity contribution in [1.29, 1.82) is 0 Å². The van der Waals surface area contributed by atoms with Gasteiger partial charge in [-0.05, 0) is 48.9 Å². The van der Waals surface area contributed by atoms with Crippen molar-refractivity contribution in [2.45, 2.75) is 13.3 Å². The molecule has 10 heteroatoms. The first-order valence-electron chi connectivity index (χ1n) is 7.65. The highest BCUT2D eigenvalue weighted by Crippen LogP contribution is 2.28. The lowest BCUT2D eigenvalue weighted by Gasteiger charge is -2.10. The average molecular weight is 384 g/mol. The van der Waals surface area contributed by atoms with Gasteiger partial charge in [0, 0.05) is 7.05 Å². The van der Waals surface area contributed by atoms with Gasteiger partial charge in [-0.15, -0.1) is 18.3 Å². The van der Waals surface area contributed by atoms with E-state index in [9.17, 15) is 22.0 Å². The van der Waals surface area contributed by atoms with Gasteiger partial charge in [-0.1, -0.05) is 0 Å². The molecular formula is C17H13F5N4O. The summed E-state index contributed by atoms with van der Waals surface area (Å²) < 4.78 is 70.1. The molecule has 3 rings (SSSR count). The number of halogens is 5. The van der Waals surface area contributed by atoms with Crippen LogP contribution in [0.5, 0.6) is 5.75 Å². The number of hydrogen-bond donors (Lipinski definition) is 1. The maximum Gasteiger partial charge on any atom is 0.573 e. The second-order valence-electron chi connectivity index (χ2n) is 5.57. The Labute approximate surface area is 150 Å². The number of hydrogen-bond acceptors (Lipinski definition) is 4. The number of aryl methyl sites for hydroxylation is 1. The maximum absolute atomic E-state index is 14.2. The molecule has 0 amide bonds. The van der Waals surface area contributed by atoms with Gasteiger partial charge < -0.3 is 10.1 Å². The molecule has 1 heterocycles. The minimum absolute atomic E-state index is 0.147. The van der Waals surface area contributed by atoms with Crippen molar-refractivity contribution >= 4 is 5.95 Å². The van der Waals surface area contributed by atoms with E-state index in [0.29, 0.717) is 11.3 Å². The van der Waals surface area contributed by atoms with Crippen molar-refractivity contribution in [1.82, 2.24) is 14.8 Å². The number of anilines is 1. The highest BCUT2D eigenvalue weighted by molar-refractivity contribution is 5.60. The van der Waals surface area contributed by atoms with Crippen LogP contribution in [0, 0.1) is 18.6 Å². The summed E-state index contributed by atoms with van der Waals surface area (Å²) in [4.78, 5) is 4.06. The summed E-state index contributed by atoms with van der Waals surface area (Å²) in [5.74, 6) is -2.10. The van der Waals surface area contributed by atoms with E-state index < -0.39 is 29.3 Å². The zero-order valence-electron chi connectivity index (χ0n) is 14.1. The number of nitrogens with one attached hydrogen (secondary N) is 1. The van der Waals surface area contributed by atoms with Crippen LogP contribution in [0.15, 0.2) is 36.4 Å². The summed E-state index contributed by atoms with van der Waals surface area (Å²) in [6.07, 6.45) is -4.81. The zero-order valence-corrected chi connectivity index (χ0v) is 14.1. The van der Waals surface area contributed by atoms with Gasteiger partial charge in [0.1, 0.15) is 17.4 Å². The van der Waals surface area contributed by atoms with Crippen molar-refractivity contribution in [3.63, 3.8) is 0 Å². The monoisotopic (exact) mass is 384 g/mol. The lowest BCUT2D eigenvalue weighted by atomic mass is 10.1. The first-order valence-corrected chi connectivity index (χ1v) is 7.65. The first kappa shape index (κ1) is 18.6. The molecule has 0 fully saturated rings. The fraction of sp³-hybridized carbons (Fsp3) is 0.176. The van der Waals surface area contributed by atoms with Crippen LogP contribution in [-0.2, 0) is 0 Å². The van der Waals surface area contributed by atoms with Crippen LogP contribution in [0.4, 0.5) is 27.9 Å². The SMILES string of the molecule is CNc1nc(-c2c(F)cc(C)cc2F)nn1-c1ccc(OC(F)(F)F)cc1. The molecule has 0 aliphatic rings. The molecule has 0 aliphatic heterocycles. The minimum atomic E-state index is -4.81. The summed E-state index contributed by atoms with van der Waals surface area (Å²) in [5.41, 5.74) is 0.329. The fourth-order valence-electron chi connectivity index (χ4n) is 2.46. The Bertz CT molecular complexity index is 943. The van der Waals surface area contributed by atoms with Crippen molar-refractivity contribution in [2.75, 3.05) is 12.4 Å². The Morgan fingerprint density at radius 1 is 1.04 bits per heavy atom. The second kappa shape index (κ2) is 6.86. The molecule has 27 heavy (non-hydrogen) atoms. The predicted octanol–water partition coefficient (Wildman–Crippen LogP) is 4.46. The van der Waals surface area contributed by atoms with Gasteiger partial charge in [-0.3, -0.25) is 0 Å². The average Bonchev–Trinajstić information content (AvgIpc) is 2.97. The number of nitrogens with zero attached hydrogens (tertiary/aromatic N) is 3. The molecule has 0 saturated heterocycles. The van der Waals surface area contributed by atoms with E-state index in [0.717, 1.165) is 24.3 Å². The molecule has 1 aromatic heterocycles. The third kappa shape index (κ3) is 3.99. The quantitative estimate of drug-likeness (QED) is 0.675. The van der Waals surface area contributed by atoms with Gasteiger partial charge in [-0.2, -0.15) is 9.67 Å². The smallest absolute Gasteiger partial charge is 0.406 e. The van der Waals surface area contributed by atoms with E-state index in [1.165, 1.54) is 23.9 Å². The fourth-order valence-corrected chi connectivity index (χ4v) is 2.46. The van der Waals surface area contributed by atoms with E-state index in [1.807, 2.05) is 0 Å². The number of benzene rings is 2. The van der Waals surface area contributed by atoms with Crippen molar-refractivity contribution in [2.24, 2.45) is 0 Å². The molecule has 0 atom stereocenters. The second-order valence-corrected chi connectivity index (χ2v) is 5.57. The Morgan fingerprint density at radius 3 is 2.15 bits per heavy atom. The third-order valence-electron chi connectivity index (χ3n) is 3.56. The minimum Gasteiger partial charge on any atom is -0.406 e. The lowest BCUT2D eigenvalue weighted by molar-refractivity contribution is -0.274. The maximum atomic E-state index is 14.2. The van der Waals surface area contributed by atoms with Crippen molar-refractivity contribution < 1.29 is 26.7 Å². The van der Waals surface area contributed by atoms with Gasteiger partial charge in [0.25, 0.3) is 0 Å². The molecule has 0 bridgehead atoms. The number of aromatic nitrogens is 3.